The molecule has 192 valence electrons. The molecule has 0 aromatic heterocycles. The fourth-order valence-corrected chi connectivity index (χ4v) is 4.26. The number of sulfonamides is 1. The van der Waals surface area contributed by atoms with Crippen molar-refractivity contribution in [3.63, 3.8) is 0 Å². The van der Waals surface area contributed by atoms with Gasteiger partial charge in [-0.15, -0.1) is 0 Å². The lowest BCUT2D eigenvalue weighted by atomic mass is 10.1. The summed E-state index contributed by atoms with van der Waals surface area (Å²) in [4.78, 5) is 27.5. The zero-order chi connectivity index (χ0) is 26.2. The van der Waals surface area contributed by atoms with Gasteiger partial charge in [-0.05, 0) is 43.7 Å². The van der Waals surface area contributed by atoms with Gasteiger partial charge in [0.05, 0.1) is 33.3 Å². The molecular weight excluding hydrogens is 474 g/mol. The van der Waals surface area contributed by atoms with Crippen LogP contribution in [0.25, 0.3) is 0 Å². The Bertz CT molecular complexity index is 1120. The lowest BCUT2D eigenvalue weighted by molar-refractivity contribution is -0.139. The number of hydrogen-bond donors (Lipinski definition) is 1. The van der Waals surface area contributed by atoms with Gasteiger partial charge in [-0.1, -0.05) is 12.1 Å². The van der Waals surface area contributed by atoms with Crippen molar-refractivity contribution >= 4 is 27.5 Å². The summed E-state index contributed by atoms with van der Waals surface area (Å²) in [5.74, 6) is 0.390. The van der Waals surface area contributed by atoms with Gasteiger partial charge in [-0.2, -0.15) is 0 Å². The van der Waals surface area contributed by atoms with E-state index in [-0.39, 0.29) is 23.9 Å². The summed E-state index contributed by atoms with van der Waals surface area (Å²) in [7, 11) is 0.495. The normalized spacial score (nSPS) is 11.8. The third-order valence-corrected chi connectivity index (χ3v) is 6.49. The van der Waals surface area contributed by atoms with E-state index in [1.165, 1.54) is 25.2 Å². The SMILES string of the molecule is CCNC(=O)[C@H](C)N(Cc1ccc(OC)cc1)C(=O)CN(c1cc(OC)ccc1OC)S(C)(=O)=O. The van der Waals surface area contributed by atoms with Gasteiger partial charge >= 0.3 is 0 Å². The maximum absolute atomic E-state index is 13.5. The molecule has 0 fully saturated rings. The van der Waals surface area contributed by atoms with Gasteiger partial charge in [0, 0.05) is 19.2 Å². The predicted octanol–water partition coefficient (Wildman–Crippen LogP) is 2.03. The van der Waals surface area contributed by atoms with Gasteiger partial charge in [0.2, 0.25) is 21.8 Å². The van der Waals surface area contributed by atoms with Crippen molar-refractivity contribution in [2.45, 2.75) is 26.4 Å². The largest absolute Gasteiger partial charge is 0.497 e. The molecule has 35 heavy (non-hydrogen) atoms. The second kappa shape index (κ2) is 12.3. The van der Waals surface area contributed by atoms with E-state index >= 15 is 0 Å². The van der Waals surface area contributed by atoms with E-state index in [1.54, 1.807) is 57.4 Å². The molecule has 0 radical (unpaired) electrons. The van der Waals surface area contributed by atoms with Gasteiger partial charge in [0.25, 0.3) is 0 Å². The highest BCUT2D eigenvalue weighted by atomic mass is 32.2. The van der Waals surface area contributed by atoms with Crippen molar-refractivity contribution in [1.29, 1.82) is 0 Å². The van der Waals surface area contributed by atoms with Crippen LogP contribution in [0, 0.1) is 0 Å². The lowest BCUT2D eigenvalue weighted by Crippen LogP contribution is -2.51. The second-order valence-electron chi connectivity index (χ2n) is 7.75. The minimum atomic E-state index is -3.91. The number of benzene rings is 2. The molecule has 0 saturated carbocycles. The molecule has 11 heteroatoms. The molecule has 0 bridgehead atoms. The first-order chi connectivity index (χ1) is 16.5. The van der Waals surface area contributed by atoms with Crippen LogP contribution in [-0.4, -0.2) is 71.8 Å². The molecular formula is C24H33N3O7S. The van der Waals surface area contributed by atoms with Gasteiger partial charge in [-0.3, -0.25) is 13.9 Å². The Balaban J connectivity index is 2.46. The Kier molecular flexibility index (Phi) is 9.76. The van der Waals surface area contributed by atoms with Crippen LogP contribution >= 0.6 is 0 Å². The molecule has 0 heterocycles. The third-order valence-electron chi connectivity index (χ3n) is 5.36. The number of amides is 2. The number of likely N-dealkylation sites (N-methyl/N-ethyl adjacent to an activating group) is 1. The maximum atomic E-state index is 13.5. The topological polar surface area (TPSA) is 114 Å². The monoisotopic (exact) mass is 507 g/mol. The number of carbonyl (C=O) groups is 2. The summed E-state index contributed by atoms with van der Waals surface area (Å²) in [6.07, 6.45) is 1.00. The van der Waals surface area contributed by atoms with Crippen LogP contribution in [0.5, 0.6) is 17.2 Å². The lowest BCUT2D eigenvalue weighted by Gasteiger charge is -2.31. The molecule has 1 atom stereocenters. The summed E-state index contributed by atoms with van der Waals surface area (Å²) >= 11 is 0. The average molecular weight is 508 g/mol. The van der Waals surface area contributed by atoms with E-state index in [0.29, 0.717) is 18.0 Å². The molecule has 0 aliphatic carbocycles. The van der Waals surface area contributed by atoms with E-state index in [1.807, 2.05) is 0 Å². The molecule has 0 aliphatic heterocycles. The number of anilines is 1. The quantitative estimate of drug-likeness (QED) is 0.468. The molecule has 2 aromatic rings. The van der Waals surface area contributed by atoms with Crippen molar-refractivity contribution in [3.8, 4) is 17.2 Å². The Morgan fingerprint density at radius 2 is 1.57 bits per heavy atom. The number of ether oxygens (including phenoxy) is 3. The highest BCUT2D eigenvalue weighted by Crippen LogP contribution is 2.34. The third kappa shape index (κ3) is 7.25. The smallest absolute Gasteiger partial charge is 0.244 e. The minimum absolute atomic E-state index is 0.0912. The standard InChI is InChI=1S/C24H33N3O7S/c1-7-25-24(29)17(2)26(15-18-8-10-19(32-3)11-9-18)23(28)16-27(35(6,30)31)21-14-20(33-4)12-13-22(21)34-5/h8-14,17H,7,15-16H2,1-6H3,(H,25,29)/t17-/m0/s1. The maximum Gasteiger partial charge on any atom is 0.244 e. The number of rotatable bonds is 12. The highest BCUT2D eigenvalue weighted by Gasteiger charge is 2.31. The Labute approximate surface area is 206 Å². The van der Waals surface area contributed by atoms with E-state index in [4.69, 9.17) is 14.2 Å². The van der Waals surface area contributed by atoms with Gasteiger partial charge in [0.15, 0.2) is 0 Å². The summed E-state index contributed by atoms with van der Waals surface area (Å²) in [5, 5.41) is 2.71. The molecule has 10 nitrogen and oxygen atoms in total. The van der Waals surface area contributed by atoms with E-state index in [9.17, 15) is 18.0 Å². The first-order valence-electron chi connectivity index (χ1n) is 11.0. The fraction of sp³-hybridized carbons (Fsp3) is 0.417. The first-order valence-corrected chi connectivity index (χ1v) is 12.8. The molecule has 2 rings (SSSR count). The summed E-state index contributed by atoms with van der Waals surface area (Å²) in [6, 6.07) is 10.9. The van der Waals surface area contributed by atoms with Crippen LogP contribution in [-0.2, 0) is 26.2 Å². The molecule has 2 amide bonds. The average Bonchev–Trinajstić information content (AvgIpc) is 2.84. The van der Waals surface area contributed by atoms with Crippen molar-refractivity contribution in [2.24, 2.45) is 0 Å². The Morgan fingerprint density at radius 1 is 0.971 bits per heavy atom. The minimum Gasteiger partial charge on any atom is -0.497 e. The van der Waals surface area contributed by atoms with Gasteiger partial charge in [-0.25, -0.2) is 8.42 Å². The van der Waals surface area contributed by atoms with Crippen molar-refractivity contribution in [1.82, 2.24) is 10.2 Å². The molecule has 0 aliphatic rings. The van der Waals surface area contributed by atoms with Crippen LogP contribution in [0.3, 0.4) is 0 Å². The second-order valence-corrected chi connectivity index (χ2v) is 9.65. The van der Waals surface area contributed by atoms with Crippen molar-refractivity contribution in [3.05, 3.63) is 48.0 Å². The Hall–Kier alpha value is -3.47. The Morgan fingerprint density at radius 3 is 2.09 bits per heavy atom. The zero-order valence-electron chi connectivity index (χ0n) is 20.9. The summed E-state index contributed by atoms with van der Waals surface area (Å²) < 4.78 is 42.2. The summed E-state index contributed by atoms with van der Waals surface area (Å²) in [5.41, 5.74) is 0.901. The molecule has 0 unspecified atom stereocenters. The van der Waals surface area contributed by atoms with Crippen LogP contribution in [0.4, 0.5) is 5.69 Å². The van der Waals surface area contributed by atoms with Crippen molar-refractivity contribution < 1.29 is 32.2 Å². The molecule has 0 saturated heterocycles. The number of carbonyl (C=O) groups excluding carboxylic acids is 2. The first kappa shape index (κ1) is 27.8. The van der Waals surface area contributed by atoms with Crippen LogP contribution in [0.1, 0.15) is 19.4 Å². The zero-order valence-corrected chi connectivity index (χ0v) is 21.7. The molecule has 2 aromatic carbocycles. The van der Waals surface area contributed by atoms with Crippen molar-refractivity contribution in [2.75, 3.05) is 45.0 Å². The highest BCUT2D eigenvalue weighted by molar-refractivity contribution is 7.92. The number of nitrogens with one attached hydrogen (secondary N) is 1. The predicted molar refractivity (Wildman–Crippen MR) is 133 cm³/mol. The molecule has 0 spiro atoms. The van der Waals surface area contributed by atoms with E-state index < -0.39 is 28.5 Å². The number of hydrogen-bond acceptors (Lipinski definition) is 7. The van der Waals surface area contributed by atoms with Gasteiger partial charge in [0.1, 0.15) is 29.8 Å². The molecule has 1 N–H and O–H groups in total. The van der Waals surface area contributed by atoms with E-state index in [0.717, 1.165) is 16.1 Å². The number of methoxy groups -OCH3 is 3. The van der Waals surface area contributed by atoms with Crippen LogP contribution < -0.4 is 23.8 Å². The fourth-order valence-electron chi connectivity index (χ4n) is 3.42. The number of nitrogens with zero attached hydrogens (tertiary/aromatic N) is 2. The van der Waals surface area contributed by atoms with E-state index in [2.05, 4.69) is 5.32 Å². The summed E-state index contributed by atoms with van der Waals surface area (Å²) in [6.45, 7) is 3.32. The van der Waals surface area contributed by atoms with Gasteiger partial charge < -0.3 is 24.4 Å². The van der Waals surface area contributed by atoms with Crippen LogP contribution in [0.2, 0.25) is 0 Å². The van der Waals surface area contributed by atoms with Crippen LogP contribution in [0.15, 0.2) is 42.5 Å².